The van der Waals surface area contributed by atoms with E-state index in [1.54, 1.807) is 0 Å². The van der Waals surface area contributed by atoms with Crippen LogP contribution < -0.4 is 0 Å². The Bertz CT molecular complexity index is 588. The Labute approximate surface area is 124 Å². The summed E-state index contributed by atoms with van der Waals surface area (Å²) in [4.78, 5) is 0. The van der Waals surface area contributed by atoms with Crippen LogP contribution >= 0.6 is 0 Å². The quantitative estimate of drug-likeness (QED) is 0.578. The van der Waals surface area contributed by atoms with Gasteiger partial charge in [-0.05, 0) is 0 Å². The third-order valence-electron chi connectivity index (χ3n) is 2.77. The average Bonchev–Trinajstić information content (AvgIpc) is 2.74. The molecule has 0 saturated heterocycles. The first kappa shape index (κ1) is 16.8. The minimum atomic E-state index is 0. The maximum Gasteiger partial charge on any atom is 0 e. The molecule has 0 aromatic heterocycles. The normalized spacial score (nSPS) is 8.89. The van der Waals surface area contributed by atoms with Crippen LogP contribution in [0, 0.1) is 0 Å². The van der Waals surface area contributed by atoms with Crippen LogP contribution in [0.15, 0.2) is 66.7 Å². The molecule has 92 valence electrons. The van der Waals surface area contributed by atoms with Gasteiger partial charge in [-0.3, -0.25) is 9.41 Å². The van der Waals surface area contributed by atoms with E-state index >= 15 is 0 Å². The Hall–Kier alpha value is -1.21. The maximum absolute atomic E-state index is 2.19. The van der Waals surface area contributed by atoms with Crippen molar-refractivity contribution in [2.24, 2.45) is 0 Å². The van der Waals surface area contributed by atoms with E-state index in [9.17, 15) is 0 Å². The molecule has 0 aliphatic carbocycles. The van der Waals surface area contributed by atoms with Crippen LogP contribution in [-0.4, -0.2) is 0 Å². The second-order valence-electron chi connectivity index (χ2n) is 3.70. The fraction of sp³-hybridized carbons (Fsp3) is 0. The van der Waals surface area contributed by atoms with E-state index in [1.807, 2.05) is 0 Å². The molecule has 0 fully saturated rings. The third-order valence-corrected chi connectivity index (χ3v) is 2.77. The summed E-state index contributed by atoms with van der Waals surface area (Å²) >= 11 is 0. The maximum atomic E-state index is 2.19. The molecule has 0 saturated carbocycles. The topological polar surface area (TPSA) is 0 Å². The molecule has 0 amide bonds. The number of hydrogen-bond acceptors (Lipinski definition) is 0. The largest absolute Gasteiger partial charge is 0.269 e. The molecule has 0 spiro atoms. The molecule has 3 rings (SSSR count). The first-order chi connectivity index (χ1) is 7.45. The van der Waals surface area contributed by atoms with Gasteiger partial charge in [-0.2, -0.15) is 0 Å². The van der Waals surface area contributed by atoms with E-state index < -0.39 is 0 Å². The first-order valence-electron chi connectivity index (χ1n) is 5.15. The van der Waals surface area contributed by atoms with Gasteiger partial charge in [0.1, 0.15) is 0 Å². The Kier molecular flexibility index (Phi) is 6.79. The molecule has 0 aliphatic rings. The molecule has 3 heteroatoms. The summed E-state index contributed by atoms with van der Waals surface area (Å²) in [7, 11) is 0. The Balaban J connectivity index is 0.000000963. The minimum absolute atomic E-state index is 0. The van der Waals surface area contributed by atoms with Crippen molar-refractivity contribution in [1.82, 2.24) is 0 Å². The number of hydrogen-bond donors (Lipinski definition) is 0. The molecule has 0 aliphatic heterocycles. The minimum Gasteiger partial charge on any atom is -0.269 e. The van der Waals surface area contributed by atoms with Gasteiger partial charge in [0.05, 0.1) is 0 Å². The number of benzene rings is 2. The van der Waals surface area contributed by atoms with Gasteiger partial charge < -0.3 is 0 Å². The molecule has 0 heterocycles. The Morgan fingerprint density at radius 3 is 2.00 bits per heavy atom. The zero-order valence-corrected chi connectivity index (χ0v) is 12.1. The van der Waals surface area contributed by atoms with Crippen molar-refractivity contribution >= 4 is 10.8 Å². The number of rotatable bonds is 1. The van der Waals surface area contributed by atoms with Crippen molar-refractivity contribution in [3.05, 3.63) is 66.7 Å². The van der Waals surface area contributed by atoms with Crippen molar-refractivity contribution in [2.75, 3.05) is 0 Å². The van der Waals surface area contributed by atoms with Gasteiger partial charge in [-0.15, -0.1) is 35.9 Å². The van der Waals surface area contributed by atoms with Crippen LogP contribution in [0.3, 0.4) is 0 Å². The van der Waals surface area contributed by atoms with E-state index in [4.69, 9.17) is 0 Å². The molecule has 0 N–H and O–H groups in total. The Morgan fingerprint density at radius 2 is 1.28 bits per heavy atom. The van der Waals surface area contributed by atoms with Gasteiger partial charge in [0.25, 0.3) is 0 Å². The van der Waals surface area contributed by atoms with Crippen molar-refractivity contribution in [1.29, 1.82) is 0 Å². The zero-order chi connectivity index (χ0) is 10.1. The predicted molar refractivity (Wildman–Crippen MR) is 70.0 cm³/mol. The zero-order valence-electron chi connectivity index (χ0n) is 9.67. The fourth-order valence-electron chi connectivity index (χ4n) is 2.02. The molecule has 3 aromatic rings. The van der Waals surface area contributed by atoms with Crippen LogP contribution in [0.4, 0.5) is 9.41 Å². The molecule has 3 aromatic carbocycles. The van der Waals surface area contributed by atoms with Crippen molar-refractivity contribution in [3.8, 4) is 11.1 Å². The number of fused-ring (bicyclic) bond motifs is 1. The number of halogens is 2. The molecule has 0 radical (unpaired) electrons. The summed E-state index contributed by atoms with van der Waals surface area (Å²) in [5.74, 6) is 0. The second kappa shape index (κ2) is 7.28. The second-order valence-corrected chi connectivity index (χ2v) is 3.70. The van der Waals surface area contributed by atoms with Crippen LogP contribution in [0.1, 0.15) is 0 Å². The molecule has 0 bridgehead atoms. The summed E-state index contributed by atoms with van der Waals surface area (Å²) in [6.45, 7) is 0. The predicted octanol–water partition coefficient (Wildman–Crippen LogP) is 4.53. The first-order valence-corrected chi connectivity index (χ1v) is 5.15. The summed E-state index contributed by atoms with van der Waals surface area (Å²) in [6, 6.07) is 23.4. The molecule has 18 heavy (non-hydrogen) atoms. The van der Waals surface area contributed by atoms with Crippen LogP contribution in [0.2, 0.25) is 0 Å². The van der Waals surface area contributed by atoms with Gasteiger partial charge >= 0.3 is 0 Å². The molecule has 0 atom stereocenters. The van der Waals surface area contributed by atoms with Gasteiger partial charge in [0, 0.05) is 26.2 Å². The van der Waals surface area contributed by atoms with Gasteiger partial charge in [0.15, 0.2) is 0 Å². The van der Waals surface area contributed by atoms with Crippen LogP contribution in [0.25, 0.3) is 21.9 Å². The summed E-state index contributed by atoms with van der Waals surface area (Å²) in [5.41, 5.74) is 2.62. The van der Waals surface area contributed by atoms with Crippen molar-refractivity contribution < 1.29 is 35.6 Å². The van der Waals surface area contributed by atoms with E-state index in [0.29, 0.717) is 0 Å². The Morgan fingerprint density at radius 1 is 0.667 bits per heavy atom. The van der Waals surface area contributed by atoms with Crippen LogP contribution in [-0.2, 0) is 26.2 Å². The summed E-state index contributed by atoms with van der Waals surface area (Å²) in [5, 5.41) is 2.65. The fourth-order valence-corrected chi connectivity index (χ4v) is 2.02. The standard InChI is InChI=1S/C15H11.2FH.Zr/c1-2-6-12(7-3-1)15-11-10-13-8-4-5-9-14(13)15;;;/h1-11H;2*1H;/q-1;;;. The van der Waals surface area contributed by atoms with Crippen molar-refractivity contribution in [2.45, 2.75) is 0 Å². The molecular weight excluding hydrogens is 309 g/mol. The SMILES string of the molecule is F.F.[Zr].c1ccc(-[c-]2ccc3ccccc32)cc1. The van der Waals surface area contributed by atoms with E-state index in [-0.39, 0.29) is 35.6 Å². The summed E-state index contributed by atoms with van der Waals surface area (Å²) < 4.78 is 0. The van der Waals surface area contributed by atoms with Crippen molar-refractivity contribution in [3.63, 3.8) is 0 Å². The third kappa shape index (κ3) is 2.97. The summed E-state index contributed by atoms with van der Waals surface area (Å²) in [6.07, 6.45) is 0. The molecule has 0 nitrogen and oxygen atoms in total. The van der Waals surface area contributed by atoms with E-state index in [1.165, 1.54) is 21.9 Å². The monoisotopic (exact) mass is 321 g/mol. The van der Waals surface area contributed by atoms with E-state index in [2.05, 4.69) is 66.7 Å². The molecule has 0 unspecified atom stereocenters. The van der Waals surface area contributed by atoms with Gasteiger partial charge in [0.2, 0.25) is 0 Å². The van der Waals surface area contributed by atoms with Gasteiger partial charge in [-0.1, -0.05) is 52.7 Å². The average molecular weight is 322 g/mol. The van der Waals surface area contributed by atoms with Gasteiger partial charge in [-0.25, -0.2) is 0 Å². The smallest absolute Gasteiger partial charge is 0 e. The van der Waals surface area contributed by atoms with E-state index in [0.717, 1.165) is 0 Å². The molecular formula is C15H13F2Zr-. The van der Waals surface area contributed by atoms with Crippen LogP contribution in [0.5, 0.6) is 0 Å².